The molecular weight excluding hydrogens is 398 g/mol. The van der Waals surface area contributed by atoms with Crippen LogP contribution in [0.3, 0.4) is 0 Å². The fraction of sp³-hybridized carbons (Fsp3) is 0.222. The van der Waals surface area contributed by atoms with Crippen LogP contribution in [0.4, 0.5) is 5.69 Å². The fourth-order valence-corrected chi connectivity index (χ4v) is 8.12. The molecule has 0 aromatic heterocycles. The predicted octanol–water partition coefficient (Wildman–Crippen LogP) is 6.36. The Morgan fingerprint density at radius 2 is 1.52 bits per heavy atom. The molecule has 0 spiro atoms. The van der Waals surface area contributed by atoms with Crippen LogP contribution in [0, 0.1) is 13.8 Å². The van der Waals surface area contributed by atoms with Crippen molar-refractivity contribution < 1.29 is 13.7 Å². The number of fused-ring (bicyclic) bond motifs is 1. The first-order valence-electron chi connectivity index (χ1n) is 10.9. The van der Waals surface area contributed by atoms with Gasteiger partial charge in [0, 0.05) is 22.2 Å². The van der Waals surface area contributed by atoms with Gasteiger partial charge in [0.15, 0.2) is 6.21 Å². The minimum Gasteiger partial charge on any atom is -0.542 e. The fourth-order valence-electron chi connectivity index (χ4n) is 4.79. The Labute approximate surface area is 185 Å². The van der Waals surface area contributed by atoms with Crippen molar-refractivity contribution in [3.8, 4) is 11.5 Å². The summed E-state index contributed by atoms with van der Waals surface area (Å²) >= 11 is 0. The lowest BCUT2D eigenvalue weighted by Crippen LogP contribution is -2.45. The van der Waals surface area contributed by atoms with E-state index in [1.807, 2.05) is 6.07 Å². The smallest absolute Gasteiger partial charge is 0.292 e. The highest BCUT2D eigenvalue weighted by Gasteiger charge is 2.45. The van der Waals surface area contributed by atoms with E-state index in [9.17, 15) is 0 Å². The summed E-state index contributed by atoms with van der Waals surface area (Å²) in [5, 5.41) is 0. The summed E-state index contributed by atoms with van der Waals surface area (Å²) in [7, 11) is -2.18. The third-order valence-electron chi connectivity index (χ3n) is 6.52. The van der Waals surface area contributed by atoms with Crippen LogP contribution in [0.1, 0.15) is 16.7 Å². The standard InChI is InChI=1S/C27H28NO2Si/c1-20-9-8-10-21(2)27(20)28-18-22-17-23(15-16-26(22)29-19-28)30-31(3,24-11-4-5-12-24)25-13-6-7-14-25/h4-18,24-25H,19H2,1-3H3/q+1. The molecule has 0 unspecified atom stereocenters. The maximum absolute atomic E-state index is 6.86. The van der Waals surface area contributed by atoms with Crippen LogP contribution in [-0.4, -0.2) is 25.8 Å². The molecule has 4 heteroatoms. The molecular formula is C27H28NO2Si+. The zero-order valence-electron chi connectivity index (χ0n) is 18.3. The molecule has 31 heavy (non-hydrogen) atoms. The van der Waals surface area contributed by atoms with Gasteiger partial charge >= 0.3 is 0 Å². The zero-order chi connectivity index (χ0) is 21.4. The van der Waals surface area contributed by atoms with Crippen LogP contribution < -0.4 is 9.16 Å². The summed E-state index contributed by atoms with van der Waals surface area (Å²) in [6, 6.07) is 12.6. The average Bonchev–Trinajstić information content (AvgIpc) is 3.48. The van der Waals surface area contributed by atoms with Crippen LogP contribution >= 0.6 is 0 Å². The largest absolute Gasteiger partial charge is 0.542 e. The third-order valence-corrected chi connectivity index (χ3v) is 10.6. The van der Waals surface area contributed by atoms with Crippen molar-refractivity contribution in [2.24, 2.45) is 0 Å². The normalized spacial score (nSPS) is 17.7. The second-order valence-electron chi connectivity index (χ2n) is 8.69. The second kappa shape index (κ2) is 7.86. The van der Waals surface area contributed by atoms with Crippen LogP contribution in [0.25, 0.3) is 0 Å². The molecule has 2 aromatic carbocycles. The second-order valence-corrected chi connectivity index (χ2v) is 12.6. The van der Waals surface area contributed by atoms with Gasteiger partial charge in [-0.05, 0) is 38.6 Å². The molecule has 2 aliphatic carbocycles. The third kappa shape index (κ3) is 3.61. The van der Waals surface area contributed by atoms with Crippen molar-refractivity contribution in [3.05, 3.63) is 102 Å². The van der Waals surface area contributed by atoms with Crippen LogP contribution in [0.15, 0.2) is 85.0 Å². The van der Waals surface area contributed by atoms with Gasteiger partial charge in [-0.1, -0.05) is 66.8 Å². The Balaban J connectivity index is 1.50. The first kappa shape index (κ1) is 19.8. The van der Waals surface area contributed by atoms with Crippen molar-refractivity contribution in [1.82, 2.24) is 0 Å². The number of benzene rings is 2. The Morgan fingerprint density at radius 1 is 0.903 bits per heavy atom. The SMILES string of the molecule is Cc1cccc(C)c1[N+]1=Cc2cc(O[Si](C)(C3C=CC=C3)C3C=CC=C3)ccc2OC1. The number of rotatable bonds is 5. The highest BCUT2D eigenvalue weighted by molar-refractivity contribution is 6.78. The molecule has 0 fully saturated rings. The number of hydrogen-bond acceptors (Lipinski definition) is 2. The van der Waals surface area contributed by atoms with E-state index >= 15 is 0 Å². The Hall–Kier alpha value is -3.11. The summed E-state index contributed by atoms with van der Waals surface area (Å²) in [6.07, 6.45) is 19.9. The molecule has 3 aliphatic rings. The van der Waals surface area contributed by atoms with Crippen molar-refractivity contribution in [2.45, 2.75) is 31.5 Å². The number of para-hydroxylation sites is 1. The molecule has 1 aliphatic heterocycles. The van der Waals surface area contributed by atoms with E-state index in [4.69, 9.17) is 9.16 Å². The molecule has 156 valence electrons. The highest BCUT2D eigenvalue weighted by Crippen LogP contribution is 2.42. The van der Waals surface area contributed by atoms with Gasteiger partial charge in [-0.15, -0.1) is 0 Å². The minimum atomic E-state index is -2.18. The lowest BCUT2D eigenvalue weighted by Gasteiger charge is -2.36. The van der Waals surface area contributed by atoms with Gasteiger partial charge in [-0.25, -0.2) is 0 Å². The highest BCUT2D eigenvalue weighted by atomic mass is 28.4. The molecule has 0 saturated heterocycles. The van der Waals surface area contributed by atoms with Crippen molar-refractivity contribution in [3.63, 3.8) is 0 Å². The van der Waals surface area contributed by atoms with Crippen LogP contribution in [0.5, 0.6) is 11.5 Å². The van der Waals surface area contributed by atoms with Gasteiger partial charge in [0.2, 0.25) is 5.69 Å². The van der Waals surface area contributed by atoms with E-state index in [-0.39, 0.29) is 0 Å². The zero-order valence-corrected chi connectivity index (χ0v) is 19.3. The molecule has 0 saturated carbocycles. The van der Waals surface area contributed by atoms with E-state index in [1.54, 1.807) is 0 Å². The monoisotopic (exact) mass is 426 g/mol. The van der Waals surface area contributed by atoms with Gasteiger partial charge in [0.25, 0.3) is 15.0 Å². The van der Waals surface area contributed by atoms with E-state index < -0.39 is 8.32 Å². The number of aryl methyl sites for hydroxylation is 2. The Bertz CT molecular complexity index is 1100. The van der Waals surface area contributed by atoms with E-state index in [2.05, 4.69) is 110 Å². The number of allylic oxidation sites excluding steroid dienone is 8. The van der Waals surface area contributed by atoms with Gasteiger partial charge in [-0.3, -0.25) is 0 Å². The number of ether oxygens (including phenoxy) is 1. The quantitative estimate of drug-likeness (QED) is 0.410. The van der Waals surface area contributed by atoms with Crippen molar-refractivity contribution >= 4 is 20.2 Å². The maximum Gasteiger partial charge on any atom is 0.292 e. The molecule has 0 radical (unpaired) electrons. The summed E-state index contributed by atoms with van der Waals surface area (Å²) in [6.45, 7) is 7.15. The van der Waals surface area contributed by atoms with E-state index in [1.165, 1.54) is 16.8 Å². The summed E-state index contributed by atoms with van der Waals surface area (Å²) in [5.74, 6) is 1.82. The number of nitrogens with zero attached hydrogens (tertiary/aromatic N) is 1. The van der Waals surface area contributed by atoms with Crippen LogP contribution in [0.2, 0.25) is 17.6 Å². The lowest BCUT2D eigenvalue weighted by molar-refractivity contribution is -0.477. The average molecular weight is 427 g/mol. The molecule has 0 atom stereocenters. The topological polar surface area (TPSA) is 21.5 Å². The van der Waals surface area contributed by atoms with Crippen molar-refractivity contribution in [1.29, 1.82) is 0 Å². The van der Waals surface area contributed by atoms with Gasteiger partial charge in [0.05, 0.1) is 5.56 Å². The predicted molar refractivity (Wildman–Crippen MR) is 129 cm³/mol. The lowest BCUT2D eigenvalue weighted by atomic mass is 10.1. The summed E-state index contributed by atoms with van der Waals surface area (Å²) in [5.41, 5.74) is 5.46. The molecule has 0 amide bonds. The first-order chi connectivity index (χ1) is 15.0. The molecule has 3 nitrogen and oxygen atoms in total. The summed E-state index contributed by atoms with van der Waals surface area (Å²) < 4.78 is 15.1. The van der Waals surface area contributed by atoms with Crippen molar-refractivity contribution in [2.75, 3.05) is 6.73 Å². The van der Waals surface area contributed by atoms with Gasteiger partial charge in [-0.2, -0.15) is 4.58 Å². The molecule has 0 N–H and O–H groups in total. The molecule has 1 heterocycles. The van der Waals surface area contributed by atoms with Gasteiger partial charge in [0.1, 0.15) is 11.5 Å². The molecule has 5 rings (SSSR count). The Kier molecular flexibility index (Phi) is 5.03. The Morgan fingerprint density at radius 3 is 2.13 bits per heavy atom. The van der Waals surface area contributed by atoms with E-state index in [0.717, 1.165) is 17.1 Å². The number of hydrogen-bond donors (Lipinski definition) is 0. The van der Waals surface area contributed by atoms with Crippen LogP contribution in [-0.2, 0) is 0 Å². The minimum absolute atomic E-state index is 0.354. The van der Waals surface area contributed by atoms with Gasteiger partial charge < -0.3 is 9.16 Å². The molecule has 2 aromatic rings. The first-order valence-corrected chi connectivity index (χ1v) is 13.4. The molecule has 0 bridgehead atoms. The summed E-state index contributed by atoms with van der Waals surface area (Å²) in [4.78, 5) is 0. The maximum atomic E-state index is 6.86. The van der Waals surface area contributed by atoms with E-state index in [0.29, 0.717) is 17.8 Å².